The molecule has 0 saturated carbocycles. The van der Waals surface area contributed by atoms with Gasteiger partial charge in [-0.1, -0.05) is 49.4 Å². The molecule has 172 valence electrons. The van der Waals surface area contributed by atoms with Crippen molar-refractivity contribution in [2.24, 2.45) is 0 Å². The quantitative estimate of drug-likeness (QED) is 0.242. The van der Waals surface area contributed by atoms with E-state index in [2.05, 4.69) is 66.4 Å². The Bertz CT molecular complexity index is 929. The molecule has 5 nitrogen and oxygen atoms in total. The molecule has 0 radical (unpaired) electrons. The van der Waals surface area contributed by atoms with Crippen LogP contribution in [0.2, 0.25) is 0 Å². The minimum Gasteiger partial charge on any atom is -0.616 e. The summed E-state index contributed by atoms with van der Waals surface area (Å²) in [5.74, 6) is 0.487. The summed E-state index contributed by atoms with van der Waals surface area (Å²) in [6.45, 7) is 6.13. The highest BCUT2D eigenvalue weighted by Gasteiger charge is 2.42. The van der Waals surface area contributed by atoms with Gasteiger partial charge in [0.15, 0.2) is 0 Å². The standard InChI is InChI=1S/C25H32N2O3S2/c1-4-31-23-11-9-21(10-12-23)19-5-7-20(8-6-19)22-13-16-27(17-14-22)18-15-25(2,32(3)30)24(28)26-29/h5-13,29H,4,14-18H2,1-3H3,(H,26,28). The molecule has 1 aliphatic rings. The fraction of sp³-hybridized carbons (Fsp3) is 0.400. The second-order valence-corrected chi connectivity index (χ2v) is 11.3. The molecule has 2 unspecified atom stereocenters. The number of hydrogen-bond acceptors (Lipinski definition) is 5. The molecule has 0 spiro atoms. The summed E-state index contributed by atoms with van der Waals surface area (Å²) < 4.78 is 11.0. The highest BCUT2D eigenvalue weighted by molar-refractivity contribution is 7.99. The Hall–Kier alpha value is -1.77. The average molecular weight is 473 g/mol. The van der Waals surface area contributed by atoms with Crippen LogP contribution in [0, 0.1) is 0 Å². The van der Waals surface area contributed by atoms with Gasteiger partial charge >= 0.3 is 0 Å². The fourth-order valence-electron chi connectivity index (χ4n) is 3.84. The molecular formula is C25H32N2O3S2. The summed E-state index contributed by atoms with van der Waals surface area (Å²) in [5.41, 5.74) is 6.68. The van der Waals surface area contributed by atoms with Crippen LogP contribution in [0.15, 0.2) is 59.5 Å². The molecule has 2 N–H and O–H groups in total. The van der Waals surface area contributed by atoms with Gasteiger partial charge in [0.2, 0.25) is 4.75 Å². The summed E-state index contributed by atoms with van der Waals surface area (Å²) in [6, 6.07) is 17.5. The van der Waals surface area contributed by atoms with Crippen molar-refractivity contribution in [2.45, 2.75) is 36.3 Å². The molecule has 3 rings (SSSR count). The molecule has 0 fully saturated rings. The maximum atomic E-state index is 12.1. The lowest BCUT2D eigenvalue weighted by Crippen LogP contribution is -2.51. The van der Waals surface area contributed by atoms with E-state index in [-0.39, 0.29) is 0 Å². The lowest BCUT2D eigenvalue weighted by Gasteiger charge is -2.32. The summed E-state index contributed by atoms with van der Waals surface area (Å²) >= 11 is 0.475. The van der Waals surface area contributed by atoms with E-state index >= 15 is 0 Å². The molecule has 2 aromatic carbocycles. The topological polar surface area (TPSA) is 75.6 Å². The SMILES string of the molecule is CCSc1ccc(-c2ccc(C3=CCN(CCC(C)(C(=O)NO)[S+](C)[O-])CC3)cc2)cc1. The molecule has 1 heterocycles. The Labute approximate surface area is 198 Å². The zero-order valence-electron chi connectivity index (χ0n) is 19.0. The highest BCUT2D eigenvalue weighted by Crippen LogP contribution is 2.28. The zero-order chi connectivity index (χ0) is 23.1. The van der Waals surface area contributed by atoms with Gasteiger partial charge in [-0.2, -0.15) is 0 Å². The Kier molecular flexibility index (Phi) is 8.85. The zero-order valence-corrected chi connectivity index (χ0v) is 20.6. The van der Waals surface area contributed by atoms with E-state index in [1.54, 1.807) is 12.4 Å². The first-order valence-electron chi connectivity index (χ1n) is 10.9. The van der Waals surface area contributed by atoms with E-state index in [0.717, 1.165) is 25.3 Å². The van der Waals surface area contributed by atoms with Crippen LogP contribution in [-0.4, -0.2) is 57.0 Å². The number of carbonyl (C=O) groups is 1. The summed E-state index contributed by atoms with van der Waals surface area (Å²) in [4.78, 5) is 15.5. The van der Waals surface area contributed by atoms with E-state index in [9.17, 15) is 9.35 Å². The number of benzene rings is 2. The Morgan fingerprint density at radius 2 is 1.75 bits per heavy atom. The van der Waals surface area contributed by atoms with Crippen molar-refractivity contribution < 1.29 is 14.6 Å². The minimum absolute atomic E-state index is 0.427. The van der Waals surface area contributed by atoms with E-state index < -0.39 is 21.8 Å². The van der Waals surface area contributed by atoms with Crippen LogP contribution in [0.25, 0.3) is 16.7 Å². The minimum atomic E-state index is -1.38. The summed E-state index contributed by atoms with van der Waals surface area (Å²) in [6.07, 6.45) is 5.10. The van der Waals surface area contributed by atoms with Gasteiger partial charge in [0.05, 0.1) is 6.26 Å². The van der Waals surface area contributed by atoms with Crippen LogP contribution >= 0.6 is 11.8 Å². The Balaban J connectivity index is 1.59. The van der Waals surface area contributed by atoms with Gasteiger partial charge in [-0.25, -0.2) is 5.48 Å². The monoisotopic (exact) mass is 472 g/mol. The molecule has 0 aliphatic carbocycles. The third-order valence-corrected chi connectivity index (χ3v) is 8.72. The largest absolute Gasteiger partial charge is 0.616 e. The van der Waals surface area contributed by atoms with Crippen molar-refractivity contribution in [1.29, 1.82) is 0 Å². The Morgan fingerprint density at radius 3 is 2.25 bits per heavy atom. The molecule has 0 saturated heterocycles. The number of rotatable bonds is 9. The van der Waals surface area contributed by atoms with Crippen LogP contribution in [0.1, 0.15) is 32.3 Å². The first kappa shape index (κ1) is 24.9. The van der Waals surface area contributed by atoms with Crippen LogP contribution in [0.4, 0.5) is 0 Å². The predicted molar refractivity (Wildman–Crippen MR) is 134 cm³/mol. The second-order valence-electron chi connectivity index (χ2n) is 8.19. The van der Waals surface area contributed by atoms with Gasteiger partial charge in [-0.3, -0.25) is 14.9 Å². The number of nitrogens with zero attached hydrogens (tertiary/aromatic N) is 1. The first-order chi connectivity index (χ1) is 15.4. The van der Waals surface area contributed by atoms with Gasteiger partial charge in [0.1, 0.15) is 0 Å². The first-order valence-corrected chi connectivity index (χ1v) is 13.4. The second kappa shape index (κ2) is 11.4. The van der Waals surface area contributed by atoms with Crippen molar-refractivity contribution in [1.82, 2.24) is 10.4 Å². The molecule has 2 aromatic rings. The van der Waals surface area contributed by atoms with Crippen LogP contribution in [-0.2, 0) is 16.0 Å². The predicted octanol–water partition coefficient (Wildman–Crippen LogP) is 4.59. The van der Waals surface area contributed by atoms with Crippen molar-refractivity contribution in [3.8, 4) is 11.1 Å². The molecule has 1 amide bonds. The number of hydroxylamine groups is 1. The third-order valence-electron chi connectivity index (χ3n) is 6.17. The number of hydrogen-bond donors (Lipinski definition) is 2. The molecule has 7 heteroatoms. The lowest BCUT2D eigenvalue weighted by molar-refractivity contribution is -0.131. The van der Waals surface area contributed by atoms with E-state index in [4.69, 9.17) is 5.21 Å². The maximum Gasteiger partial charge on any atom is 0.299 e. The number of nitrogens with one attached hydrogen (secondary N) is 1. The smallest absolute Gasteiger partial charge is 0.299 e. The van der Waals surface area contributed by atoms with Gasteiger partial charge in [0.25, 0.3) is 5.91 Å². The van der Waals surface area contributed by atoms with Crippen LogP contribution < -0.4 is 5.48 Å². The van der Waals surface area contributed by atoms with Crippen LogP contribution in [0.3, 0.4) is 0 Å². The van der Waals surface area contributed by atoms with Gasteiger partial charge in [-0.15, -0.1) is 11.8 Å². The molecule has 0 bridgehead atoms. The fourth-order valence-corrected chi connectivity index (χ4v) is 5.19. The molecular weight excluding hydrogens is 440 g/mol. The van der Waals surface area contributed by atoms with Gasteiger partial charge in [-0.05, 0) is 64.7 Å². The van der Waals surface area contributed by atoms with E-state index in [1.165, 1.54) is 33.4 Å². The lowest BCUT2D eigenvalue weighted by atomic mass is 9.96. The number of thioether (sulfide) groups is 1. The average Bonchev–Trinajstić information content (AvgIpc) is 2.83. The van der Waals surface area contributed by atoms with Crippen molar-refractivity contribution in [3.05, 3.63) is 60.2 Å². The number of amides is 1. The highest BCUT2D eigenvalue weighted by atomic mass is 32.2. The van der Waals surface area contributed by atoms with E-state index in [0.29, 0.717) is 13.0 Å². The summed E-state index contributed by atoms with van der Waals surface area (Å²) in [5, 5.41) is 8.99. The van der Waals surface area contributed by atoms with Crippen molar-refractivity contribution in [2.75, 3.05) is 31.6 Å². The van der Waals surface area contributed by atoms with Crippen LogP contribution in [0.5, 0.6) is 0 Å². The summed E-state index contributed by atoms with van der Waals surface area (Å²) in [7, 11) is 0. The third kappa shape index (κ3) is 5.97. The van der Waals surface area contributed by atoms with Crippen molar-refractivity contribution in [3.63, 3.8) is 0 Å². The molecule has 0 aromatic heterocycles. The van der Waals surface area contributed by atoms with Crippen molar-refractivity contribution >= 4 is 34.4 Å². The number of carbonyl (C=O) groups excluding carboxylic acids is 1. The van der Waals surface area contributed by atoms with Gasteiger partial charge < -0.3 is 4.55 Å². The molecule has 2 atom stereocenters. The molecule has 32 heavy (non-hydrogen) atoms. The van der Waals surface area contributed by atoms with E-state index in [1.807, 2.05) is 11.8 Å². The maximum absolute atomic E-state index is 12.1. The normalized spacial score (nSPS) is 17.3. The Morgan fingerprint density at radius 1 is 1.16 bits per heavy atom. The van der Waals surface area contributed by atoms with Gasteiger partial charge in [0, 0.05) is 31.0 Å². The molecule has 1 aliphatic heterocycles.